The molecule has 2 bridgehead atoms. The van der Waals surface area contributed by atoms with Crippen molar-refractivity contribution in [2.24, 2.45) is 17.8 Å². The van der Waals surface area contributed by atoms with Crippen molar-refractivity contribution in [2.45, 2.75) is 38.7 Å². The third kappa shape index (κ3) is 2.35. The number of carbonyl (C=O) groups excluding carboxylic acids is 1. The average molecular weight is 238 g/mol. The highest BCUT2D eigenvalue weighted by Gasteiger charge is 2.49. The van der Waals surface area contributed by atoms with Crippen LogP contribution in [0.1, 0.15) is 33.1 Å². The molecule has 17 heavy (non-hydrogen) atoms. The van der Waals surface area contributed by atoms with E-state index >= 15 is 0 Å². The van der Waals surface area contributed by atoms with Crippen LogP contribution in [0.4, 0.5) is 0 Å². The highest BCUT2D eigenvalue weighted by Crippen LogP contribution is 2.50. The van der Waals surface area contributed by atoms with E-state index in [1.54, 1.807) is 6.92 Å². The molecule has 0 amide bonds. The van der Waals surface area contributed by atoms with Crippen LogP contribution in [0.25, 0.3) is 0 Å². The molecule has 4 nitrogen and oxygen atoms in total. The Bertz CT molecular complexity index is 356. The van der Waals surface area contributed by atoms with Gasteiger partial charge in [-0.05, 0) is 31.6 Å². The van der Waals surface area contributed by atoms with Crippen molar-refractivity contribution >= 4 is 11.9 Å². The highest BCUT2D eigenvalue weighted by atomic mass is 16.6. The van der Waals surface area contributed by atoms with Gasteiger partial charge in [-0.2, -0.15) is 0 Å². The number of ether oxygens (including phenoxy) is 1. The van der Waals surface area contributed by atoms with E-state index in [0.717, 1.165) is 12.8 Å². The minimum atomic E-state index is -0.916. The number of hydrogen-bond acceptors (Lipinski definition) is 3. The van der Waals surface area contributed by atoms with E-state index < -0.39 is 17.5 Å². The van der Waals surface area contributed by atoms with Gasteiger partial charge >= 0.3 is 11.9 Å². The second kappa shape index (κ2) is 4.17. The summed E-state index contributed by atoms with van der Waals surface area (Å²) in [5.41, 5.74) is -0.873. The Labute approximate surface area is 101 Å². The smallest absolute Gasteiger partial charge is 0.307 e. The molecular formula is C13H18O4. The van der Waals surface area contributed by atoms with Gasteiger partial charge < -0.3 is 9.84 Å². The zero-order valence-corrected chi connectivity index (χ0v) is 10.2. The minimum absolute atomic E-state index is 0.117. The number of hydrogen-bond donors (Lipinski definition) is 1. The van der Waals surface area contributed by atoms with Gasteiger partial charge in [-0.15, -0.1) is 0 Å². The lowest BCUT2D eigenvalue weighted by molar-refractivity contribution is -0.168. The molecule has 0 aliphatic heterocycles. The summed E-state index contributed by atoms with van der Waals surface area (Å²) in [5.74, 6) is -0.282. The van der Waals surface area contributed by atoms with E-state index in [4.69, 9.17) is 9.84 Å². The fourth-order valence-corrected chi connectivity index (χ4v) is 3.35. The van der Waals surface area contributed by atoms with Gasteiger partial charge in [0.25, 0.3) is 0 Å². The first-order valence-corrected chi connectivity index (χ1v) is 6.00. The number of allylic oxidation sites excluding steroid dienone is 2. The topological polar surface area (TPSA) is 63.6 Å². The van der Waals surface area contributed by atoms with Crippen molar-refractivity contribution in [1.29, 1.82) is 0 Å². The number of fused-ring (bicyclic) bond motifs is 2. The van der Waals surface area contributed by atoms with Crippen LogP contribution >= 0.6 is 0 Å². The summed E-state index contributed by atoms with van der Waals surface area (Å²) in [4.78, 5) is 22.1. The minimum Gasteiger partial charge on any atom is -0.481 e. The summed E-state index contributed by atoms with van der Waals surface area (Å²) in [6, 6.07) is 0. The molecule has 0 spiro atoms. The average Bonchev–Trinajstić information content (AvgIpc) is 2.75. The number of carboxylic acid groups (broad SMARTS) is 1. The zero-order valence-electron chi connectivity index (χ0n) is 10.2. The molecule has 4 unspecified atom stereocenters. The zero-order chi connectivity index (χ0) is 12.6. The Morgan fingerprint density at radius 3 is 2.53 bits per heavy atom. The SMILES string of the molecule is CC(=O)OC(C)(CC(=O)O)C1CC2C=CC1C2. The van der Waals surface area contributed by atoms with Gasteiger partial charge in [-0.25, -0.2) is 0 Å². The van der Waals surface area contributed by atoms with Crippen molar-refractivity contribution < 1.29 is 19.4 Å². The van der Waals surface area contributed by atoms with Gasteiger partial charge in [0.05, 0.1) is 6.42 Å². The molecule has 0 aromatic heterocycles. The molecule has 0 heterocycles. The molecule has 1 fully saturated rings. The predicted molar refractivity (Wildman–Crippen MR) is 61.3 cm³/mol. The Kier molecular flexibility index (Phi) is 2.98. The van der Waals surface area contributed by atoms with Gasteiger partial charge in [0.1, 0.15) is 5.60 Å². The molecule has 0 aromatic carbocycles. The number of carbonyl (C=O) groups is 2. The number of carboxylic acids is 1. The van der Waals surface area contributed by atoms with Crippen LogP contribution in [-0.2, 0) is 14.3 Å². The number of esters is 1. The van der Waals surface area contributed by atoms with E-state index in [0.29, 0.717) is 11.8 Å². The van der Waals surface area contributed by atoms with Crippen molar-refractivity contribution in [3.05, 3.63) is 12.2 Å². The molecule has 2 aliphatic carbocycles. The first kappa shape index (κ1) is 12.1. The quantitative estimate of drug-likeness (QED) is 0.601. The van der Waals surface area contributed by atoms with Gasteiger partial charge in [-0.1, -0.05) is 12.2 Å². The lowest BCUT2D eigenvalue weighted by atomic mass is 9.77. The van der Waals surface area contributed by atoms with Crippen LogP contribution < -0.4 is 0 Å². The Balaban J connectivity index is 2.17. The third-order valence-electron chi connectivity index (χ3n) is 3.94. The normalized spacial score (nSPS) is 33.4. The molecular weight excluding hydrogens is 220 g/mol. The van der Waals surface area contributed by atoms with E-state index in [2.05, 4.69) is 12.2 Å². The second-order valence-corrected chi connectivity index (χ2v) is 5.36. The van der Waals surface area contributed by atoms with Crippen LogP contribution in [0.2, 0.25) is 0 Å². The van der Waals surface area contributed by atoms with Gasteiger partial charge in [0.2, 0.25) is 0 Å². The Hall–Kier alpha value is -1.32. The van der Waals surface area contributed by atoms with Crippen molar-refractivity contribution in [3.63, 3.8) is 0 Å². The van der Waals surface area contributed by atoms with Crippen LogP contribution in [0.5, 0.6) is 0 Å². The van der Waals surface area contributed by atoms with Crippen LogP contribution in [0.15, 0.2) is 12.2 Å². The maximum Gasteiger partial charge on any atom is 0.307 e. The standard InChI is InChI=1S/C13H18O4/c1-8(14)17-13(2,7-12(15)16)11-6-9-3-4-10(11)5-9/h3-4,9-11H,5-7H2,1-2H3,(H,15,16). The Morgan fingerprint density at radius 2 is 2.12 bits per heavy atom. The molecule has 4 heteroatoms. The monoisotopic (exact) mass is 238 g/mol. The van der Waals surface area contributed by atoms with E-state index in [1.807, 2.05) is 0 Å². The molecule has 2 aliphatic rings. The van der Waals surface area contributed by atoms with Gasteiger partial charge in [-0.3, -0.25) is 9.59 Å². The van der Waals surface area contributed by atoms with Crippen molar-refractivity contribution in [3.8, 4) is 0 Å². The van der Waals surface area contributed by atoms with Crippen molar-refractivity contribution in [1.82, 2.24) is 0 Å². The molecule has 2 rings (SSSR count). The lowest BCUT2D eigenvalue weighted by Gasteiger charge is -2.37. The molecule has 1 N–H and O–H groups in total. The maximum atomic E-state index is 11.2. The predicted octanol–water partition coefficient (Wildman–Crippen LogP) is 2.00. The largest absolute Gasteiger partial charge is 0.481 e. The Morgan fingerprint density at radius 1 is 1.41 bits per heavy atom. The van der Waals surface area contributed by atoms with Gasteiger partial charge in [0.15, 0.2) is 0 Å². The molecule has 1 saturated carbocycles. The molecule has 4 atom stereocenters. The van der Waals surface area contributed by atoms with Crippen LogP contribution in [-0.4, -0.2) is 22.6 Å². The molecule has 0 saturated heterocycles. The maximum absolute atomic E-state index is 11.2. The van der Waals surface area contributed by atoms with Crippen LogP contribution in [0, 0.1) is 17.8 Å². The third-order valence-corrected chi connectivity index (χ3v) is 3.94. The summed E-state index contributed by atoms with van der Waals surface area (Å²) in [6.07, 6.45) is 6.21. The summed E-state index contributed by atoms with van der Waals surface area (Å²) >= 11 is 0. The summed E-state index contributed by atoms with van der Waals surface area (Å²) in [6.45, 7) is 3.09. The lowest BCUT2D eigenvalue weighted by Crippen LogP contribution is -2.43. The van der Waals surface area contributed by atoms with Crippen LogP contribution in [0.3, 0.4) is 0 Å². The molecule has 0 radical (unpaired) electrons. The number of rotatable bonds is 4. The summed E-state index contributed by atoms with van der Waals surface area (Å²) in [7, 11) is 0. The molecule has 0 aromatic rings. The van der Waals surface area contributed by atoms with Gasteiger partial charge in [0, 0.05) is 12.8 Å². The fourth-order valence-electron chi connectivity index (χ4n) is 3.35. The second-order valence-electron chi connectivity index (χ2n) is 5.36. The first-order valence-electron chi connectivity index (χ1n) is 6.00. The summed E-state index contributed by atoms with van der Waals surface area (Å²) in [5, 5.41) is 8.98. The van der Waals surface area contributed by atoms with E-state index in [9.17, 15) is 9.59 Å². The van der Waals surface area contributed by atoms with Crippen molar-refractivity contribution in [2.75, 3.05) is 0 Å². The van der Waals surface area contributed by atoms with E-state index in [1.165, 1.54) is 6.92 Å². The number of aliphatic carboxylic acids is 1. The summed E-state index contributed by atoms with van der Waals surface area (Å²) < 4.78 is 5.33. The first-order chi connectivity index (χ1) is 7.90. The molecule has 94 valence electrons. The van der Waals surface area contributed by atoms with E-state index in [-0.39, 0.29) is 12.3 Å². The fraction of sp³-hybridized carbons (Fsp3) is 0.692. The highest BCUT2D eigenvalue weighted by molar-refractivity contribution is 5.71.